The molecule has 1 N–H and O–H groups in total. The van der Waals surface area contributed by atoms with Gasteiger partial charge in [-0.3, -0.25) is 24.6 Å². The maximum absolute atomic E-state index is 12.4. The first-order valence-corrected chi connectivity index (χ1v) is 13.7. The van der Waals surface area contributed by atoms with Gasteiger partial charge < -0.3 is 4.74 Å². The number of fused-ring (bicyclic) bond motifs is 4. The molecule has 7 nitrogen and oxygen atoms in total. The first-order chi connectivity index (χ1) is 17.6. The third-order valence-corrected chi connectivity index (χ3v) is 9.42. The highest BCUT2D eigenvalue weighted by Gasteiger charge is 2.44. The first kappa shape index (κ1) is 22.4. The molecule has 1 unspecified atom stereocenters. The van der Waals surface area contributed by atoms with Gasteiger partial charge in [0.15, 0.2) is 0 Å². The molecule has 5 heterocycles. The zero-order valence-corrected chi connectivity index (χ0v) is 20.9. The molecule has 0 radical (unpaired) electrons. The Balaban J connectivity index is 1.08. The molecular formula is C28H29N3O4S. The fourth-order valence-electron chi connectivity index (χ4n) is 6.27. The maximum Gasteiger partial charge on any atom is 0.246 e. The van der Waals surface area contributed by atoms with E-state index in [2.05, 4.69) is 52.0 Å². The van der Waals surface area contributed by atoms with Crippen molar-refractivity contribution in [2.75, 3.05) is 19.7 Å². The molecule has 0 saturated carbocycles. The molecule has 2 amide bonds. The lowest BCUT2D eigenvalue weighted by Gasteiger charge is -2.39. The van der Waals surface area contributed by atoms with Crippen LogP contribution in [0.2, 0.25) is 0 Å². The molecule has 0 aliphatic carbocycles. The number of nitrogens with one attached hydrogen (secondary N) is 1. The summed E-state index contributed by atoms with van der Waals surface area (Å²) < 4.78 is 7.65. The molecule has 1 aromatic heterocycles. The molecule has 8 heteroatoms. The summed E-state index contributed by atoms with van der Waals surface area (Å²) in [6, 6.07) is 12.9. The molecule has 186 valence electrons. The molecule has 2 saturated heterocycles. The zero-order valence-electron chi connectivity index (χ0n) is 20.1. The van der Waals surface area contributed by atoms with Crippen molar-refractivity contribution in [3.63, 3.8) is 0 Å². The van der Waals surface area contributed by atoms with Crippen molar-refractivity contribution >= 4 is 33.2 Å². The van der Waals surface area contributed by atoms with Gasteiger partial charge in [-0.2, -0.15) is 5.06 Å². The monoisotopic (exact) mass is 503 g/mol. The van der Waals surface area contributed by atoms with Crippen molar-refractivity contribution in [3.05, 3.63) is 64.0 Å². The lowest BCUT2D eigenvalue weighted by Crippen LogP contribution is -2.52. The Bertz CT molecular complexity index is 1360. The smallest absolute Gasteiger partial charge is 0.246 e. The van der Waals surface area contributed by atoms with E-state index in [1.165, 1.54) is 26.8 Å². The van der Waals surface area contributed by atoms with Crippen LogP contribution in [0.5, 0.6) is 5.75 Å². The van der Waals surface area contributed by atoms with Crippen LogP contribution in [0.4, 0.5) is 0 Å². The number of ether oxygens (including phenoxy) is 1. The van der Waals surface area contributed by atoms with Gasteiger partial charge in [-0.05, 0) is 78.0 Å². The van der Waals surface area contributed by atoms with Gasteiger partial charge in [0, 0.05) is 28.6 Å². The van der Waals surface area contributed by atoms with Gasteiger partial charge in [-0.15, -0.1) is 11.3 Å². The van der Waals surface area contributed by atoms with Crippen molar-refractivity contribution in [1.29, 1.82) is 0 Å². The van der Waals surface area contributed by atoms with E-state index >= 15 is 0 Å². The predicted octanol–water partition coefficient (Wildman–Crippen LogP) is 3.88. The molecule has 1 atom stereocenters. The summed E-state index contributed by atoms with van der Waals surface area (Å²) in [5.41, 5.74) is 5.10. The van der Waals surface area contributed by atoms with Crippen LogP contribution in [-0.4, -0.2) is 47.5 Å². The number of carbonyl (C=O) groups is 2. The second kappa shape index (κ2) is 8.66. The number of nitrogens with zero attached hydrogens (tertiary/aromatic N) is 2. The largest absolute Gasteiger partial charge is 0.492 e. The second-order valence-electron chi connectivity index (χ2n) is 10.5. The fraction of sp³-hybridized carbons (Fsp3) is 0.429. The molecule has 3 aromatic rings. The van der Waals surface area contributed by atoms with Crippen molar-refractivity contribution in [2.24, 2.45) is 0 Å². The highest BCUT2D eigenvalue weighted by atomic mass is 32.1. The quantitative estimate of drug-likeness (QED) is 0.547. The number of imide groups is 1. The Labute approximate surface area is 213 Å². The number of hydrogen-bond acceptors (Lipinski definition) is 7. The summed E-state index contributed by atoms with van der Waals surface area (Å²) in [5.74, 6) is 0.522. The molecule has 36 heavy (non-hydrogen) atoms. The summed E-state index contributed by atoms with van der Waals surface area (Å²) in [6.45, 7) is 4.78. The summed E-state index contributed by atoms with van der Waals surface area (Å²) in [5, 5.41) is 7.72. The average Bonchev–Trinajstić information content (AvgIpc) is 3.50. The third-order valence-electron chi connectivity index (χ3n) is 8.41. The van der Waals surface area contributed by atoms with E-state index in [1.54, 1.807) is 5.06 Å². The van der Waals surface area contributed by atoms with Gasteiger partial charge in [0.2, 0.25) is 11.8 Å². The number of thiophene rings is 1. The summed E-state index contributed by atoms with van der Waals surface area (Å²) >= 11 is 1.83. The predicted molar refractivity (Wildman–Crippen MR) is 136 cm³/mol. The lowest BCUT2D eigenvalue weighted by molar-refractivity contribution is -0.216. The number of carbonyl (C=O) groups excluding carboxylic acids is 2. The molecular weight excluding hydrogens is 474 g/mol. The Morgan fingerprint density at radius 2 is 2.00 bits per heavy atom. The molecule has 1 spiro atoms. The molecule has 4 aliphatic rings. The summed E-state index contributed by atoms with van der Waals surface area (Å²) in [4.78, 5) is 32.5. The van der Waals surface area contributed by atoms with Crippen molar-refractivity contribution in [1.82, 2.24) is 15.3 Å². The van der Waals surface area contributed by atoms with Crippen LogP contribution < -0.4 is 10.1 Å². The van der Waals surface area contributed by atoms with E-state index in [0.717, 1.165) is 50.4 Å². The van der Waals surface area contributed by atoms with Gasteiger partial charge in [0.25, 0.3) is 0 Å². The highest BCUT2D eigenvalue weighted by Crippen LogP contribution is 2.47. The Morgan fingerprint density at radius 3 is 2.86 bits per heavy atom. The van der Waals surface area contributed by atoms with Crippen LogP contribution in [-0.2, 0) is 39.5 Å². The molecule has 2 aromatic carbocycles. The van der Waals surface area contributed by atoms with E-state index in [9.17, 15) is 9.59 Å². The van der Waals surface area contributed by atoms with Crippen LogP contribution in [0, 0.1) is 0 Å². The number of hydroxylamine groups is 2. The van der Waals surface area contributed by atoms with Crippen molar-refractivity contribution in [2.45, 2.75) is 56.8 Å². The lowest BCUT2D eigenvalue weighted by atomic mass is 9.73. The number of benzene rings is 2. The minimum Gasteiger partial charge on any atom is -0.492 e. The SMILES string of the molecule is O=C1CCC(N2Cc3cc4c(cc3CO2)OCC42CCN(Cc3cccc4ccsc34)CC2)C(=O)N1. The number of likely N-dealkylation sites (tertiary alicyclic amines) is 1. The minimum absolute atomic E-state index is 0.0492. The average molecular weight is 504 g/mol. The molecule has 0 bridgehead atoms. The van der Waals surface area contributed by atoms with Crippen molar-refractivity contribution in [3.8, 4) is 5.75 Å². The zero-order chi connectivity index (χ0) is 24.3. The second-order valence-corrected chi connectivity index (χ2v) is 11.4. The normalized spacial score (nSPS) is 23.9. The minimum atomic E-state index is -0.426. The molecule has 2 fully saturated rings. The first-order valence-electron chi connectivity index (χ1n) is 12.8. The number of rotatable bonds is 3. The standard InChI is InChI=1S/C28H29N3O4S/c32-25-5-4-23(27(33)29-25)31-15-20-12-22-24(13-21(20)16-35-31)34-17-28(22)7-9-30(10-8-28)14-19-3-1-2-18-6-11-36-26(18)19/h1-3,6,11-13,23H,4-5,7-10,14-17H2,(H,29,32,33). The fourth-order valence-corrected chi connectivity index (χ4v) is 7.18. The van der Waals surface area contributed by atoms with Gasteiger partial charge in [-0.1, -0.05) is 18.2 Å². The van der Waals surface area contributed by atoms with Crippen LogP contribution in [0.3, 0.4) is 0 Å². The number of hydrogen-bond donors (Lipinski definition) is 1. The number of amides is 2. The Hall–Kier alpha value is -2.78. The van der Waals surface area contributed by atoms with Crippen LogP contribution >= 0.6 is 11.3 Å². The van der Waals surface area contributed by atoms with Crippen molar-refractivity contribution < 1.29 is 19.2 Å². The van der Waals surface area contributed by atoms with Gasteiger partial charge in [0.1, 0.15) is 11.8 Å². The Kier molecular flexibility index (Phi) is 5.39. The highest BCUT2D eigenvalue weighted by molar-refractivity contribution is 7.17. The molecule has 7 rings (SSSR count). The van der Waals surface area contributed by atoms with E-state index in [0.29, 0.717) is 26.0 Å². The van der Waals surface area contributed by atoms with Crippen LogP contribution in [0.1, 0.15) is 47.9 Å². The summed E-state index contributed by atoms with van der Waals surface area (Å²) in [7, 11) is 0. The summed E-state index contributed by atoms with van der Waals surface area (Å²) in [6.07, 6.45) is 2.99. The maximum atomic E-state index is 12.4. The van der Waals surface area contributed by atoms with Crippen LogP contribution in [0.25, 0.3) is 10.1 Å². The molecule has 4 aliphatic heterocycles. The van der Waals surface area contributed by atoms with E-state index < -0.39 is 6.04 Å². The Morgan fingerprint density at radius 1 is 1.11 bits per heavy atom. The third kappa shape index (κ3) is 3.75. The van der Waals surface area contributed by atoms with E-state index in [4.69, 9.17) is 9.57 Å². The van der Waals surface area contributed by atoms with Gasteiger partial charge >= 0.3 is 0 Å². The van der Waals surface area contributed by atoms with Gasteiger partial charge in [0.05, 0.1) is 19.8 Å². The van der Waals surface area contributed by atoms with E-state index in [1.807, 2.05) is 11.3 Å². The topological polar surface area (TPSA) is 71.1 Å². The number of piperidine rings is 2. The van der Waals surface area contributed by atoms with Crippen LogP contribution in [0.15, 0.2) is 41.8 Å². The van der Waals surface area contributed by atoms with E-state index in [-0.39, 0.29) is 17.2 Å². The van der Waals surface area contributed by atoms with Gasteiger partial charge in [-0.25, -0.2) is 0 Å².